The van der Waals surface area contributed by atoms with Gasteiger partial charge in [-0.3, -0.25) is 24.0 Å². The summed E-state index contributed by atoms with van der Waals surface area (Å²) < 4.78 is 77.7. The van der Waals surface area contributed by atoms with E-state index in [1.165, 1.54) is 45.9 Å². The number of rotatable bonds is 36. The number of hydrogen-bond acceptors (Lipinski definition) is 31. The topological polar surface area (TPSA) is 528 Å². The van der Waals surface area contributed by atoms with Crippen LogP contribution in [0, 0.1) is 0 Å². The van der Waals surface area contributed by atoms with Crippen LogP contribution in [0.15, 0.2) is 36.4 Å². The standard InChI is InChI=1S/C63H103N5O31/c1-9-10-11-12-13-14-15-16-17-21-88-35-20-18-19-34(22-35)56(84)68-41-47(79)46(78)36(23-69)93-60(41)97-53-38(25-71)95-62(43(49(53)81)65-31(5)74)99-54-39(26-72)96-61(44(50(54)82)66-32(6)75)98-52-37(24-70)94-59(42(48(52)80)64-30(4)73)90-28(2)40(92-58(86)57(85)67-33(7)76)27-89-63-55(87-8)51(83)45(77)29(3)91-63/h14-15,18-20,22,28-29,36-55,57-63,69-72,77-83,85-86H,9-13,16-17,21,23-27H2,1-8H3,(H,64,73)(H,65,74)(H,66,75)(H,67,76)(H,68,84)/b15-14-/t28?,29?,36?,37-,38-,39?,40?,41-,42?,43?,44-,45?,46+,47+,48?,49?,50+,51-,52+,53+,54?,55+,57?,58?,59+,60?,61-,62-,63+/m0/s1. The molecule has 36 heteroatoms. The van der Waals surface area contributed by atoms with Crippen molar-refractivity contribution >= 4 is 29.5 Å². The summed E-state index contributed by atoms with van der Waals surface area (Å²) >= 11 is 0. The van der Waals surface area contributed by atoms with Crippen molar-refractivity contribution in [2.24, 2.45) is 0 Å². The number of methoxy groups -OCH3 is 1. The lowest BCUT2D eigenvalue weighted by Crippen LogP contribution is -2.72. The number of unbranched alkanes of at least 4 members (excludes halogenated alkanes) is 5. The number of hydrogen-bond donors (Lipinski definition) is 18. The third kappa shape index (κ3) is 22.8. The van der Waals surface area contributed by atoms with Gasteiger partial charge in [0.2, 0.25) is 29.9 Å². The van der Waals surface area contributed by atoms with Gasteiger partial charge in [0.05, 0.1) is 51.8 Å². The summed E-state index contributed by atoms with van der Waals surface area (Å²) in [5, 5.41) is 157. The summed E-state index contributed by atoms with van der Waals surface area (Å²) in [5.41, 5.74) is 0.0496. The molecule has 5 aliphatic heterocycles. The van der Waals surface area contributed by atoms with Gasteiger partial charge >= 0.3 is 0 Å². The van der Waals surface area contributed by atoms with Gasteiger partial charge in [0.15, 0.2) is 37.7 Å². The SMILES string of the molecule is CCCCCC/C=C\CCCOc1cccc(C(=O)N[C@@H]2C(O[C@H]3C(O)C(NC(C)=O)[C@H](OC4C(CO)O[C@@H](O[C@H]5C(O)C(NC(C)=O)[C@H](OC(C)C(CO[C@@H]6OC(C)C(O)[C@H](O)[C@H]6OC)OC(O)C(O)NC(C)=O)O[C@H]5CO)[C@@H](NC(C)=O)[C@H]4O)O[C@H]3CO)OC(CO)[C@@H](O)[C@@H]2O)c1. The molecule has 0 saturated carbocycles. The van der Waals surface area contributed by atoms with Crippen LogP contribution in [-0.4, -0.2) is 321 Å². The number of nitrogens with one attached hydrogen (secondary N) is 5. The Morgan fingerprint density at radius 1 is 0.556 bits per heavy atom. The van der Waals surface area contributed by atoms with Crippen LogP contribution in [0.5, 0.6) is 5.75 Å². The molecule has 0 bridgehead atoms. The third-order valence-electron chi connectivity index (χ3n) is 17.3. The quantitative estimate of drug-likeness (QED) is 0.0169. The largest absolute Gasteiger partial charge is 0.494 e. The van der Waals surface area contributed by atoms with Crippen molar-refractivity contribution in [3.63, 3.8) is 0 Å². The maximum Gasteiger partial charge on any atom is 0.251 e. The second kappa shape index (κ2) is 40.2. The fourth-order valence-corrected chi connectivity index (χ4v) is 12.0. The van der Waals surface area contributed by atoms with Gasteiger partial charge in [0, 0.05) is 40.4 Å². The van der Waals surface area contributed by atoms with Crippen molar-refractivity contribution in [2.75, 3.05) is 46.8 Å². The minimum atomic E-state index is -2.18. The lowest BCUT2D eigenvalue weighted by Gasteiger charge is -2.51. The molecule has 1 aromatic rings. The van der Waals surface area contributed by atoms with E-state index in [0.717, 1.165) is 53.4 Å². The highest BCUT2D eigenvalue weighted by molar-refractivity contribution is 5.94. The first-order valence-corrected chi connectivity index (χ1v) is 33.1. The summed E-state index contributed by atoms with van der Waals surface area (Å²) in [6.07, 6.45) is -31.6. The number of carbonyl (C=O) groups excluding carboxylic acids is 5. The summed E-state index contributed by atoms with van der Waals surface area (Å²) in [6, 6.07) is -0.739. The van der Waals surface area contributed by atoms with Gasteiger partial charge in [0.25, 0.3) is 5.91 Å². The number of ether oxygens (including phenoxy) is 13. The van der Waals surface area contributed by atoms with E-state index in [9.17, 15) is 90.4 Å². The minimum Gasteiger partial charge on any atom is -0.494 e. The van der Waals surface area contributed by atoms with Gasteiger partial charge in [-0.15, -0.1) is 0 Å². The molecule has 6 rings (SSSR count). The average Bonchev–Trinajstić information content (AvgIpc) is 0.772. The Bertz CT molecular complexity index is 2680. The fourth-order valence-electron chi connectivity index (χ4n) is 12.0. The Morgan fingerprint density at radius 3 is 1.53 bits per heavy atom. The fraction of sp³-hybridized carbons (Fsp3) is 0.794. The molecule has 5 amide bonds. The molecule has 5 aliphatic rings. The molecule has 566 valence electrons. The monoisotopic (exact) mass is 1430 g/mol. The molecule has 29 atom stereocenters. The van der Waals surface area contributed by atoms with E-state index in [0.29, 0.717) is 18.8 Å². The predicted octanol–water partition coefficient (Wildman–Crippen LogP) is -6.13. The molecular formula is C63H103N5O31. The average molecular weight is 1430 g/mol. The van der Waals surface area contributed by atoms with Crippen LogP contribution in [0.4, 0.5) is 0 Å². The van der Waals surface area contributed by atoms with Gasteiger partial charge in [0.1, 0.15) is 128 Å². The lowest BCUT2D eigenvalue weighted by atomic mass is 9.93. The van der Waals surface area contributed by atoms with Crippen LogP contribution in [0.2, 0.25) is 0 Å². The molecule has 14 unspecified atom stereocenters. The van der Waals surface area contributed by atoms with Crippen LogP contribution in [0.25, 0.3) is 0 Å². The highest BCUT2D eigenvalue weighted by Gasteiger charge is 2.57. The van der Waals surface area contributed by atoms with Gasteiger partial charge in [-0.1, -0.05) is 44.4 Å². The van der Waals surface area contributed by atoms with Gasteiger partial charge < -0.3 is 155 Å². The highest BCUT2D eigenvalue weighted by Crippen LogP contribution is 2.36. The molecule has 0 radical (unpaired) electrons. The van der Waals surface area contributed by atoms with Crippen molar-refractivity contribution in [2.45, 2.75) is 271 Å². The van der Waals surface area contributed by atoms with Crippen LogP contribution >= 0.6 is 0 Å². The van der Waals surface area contributed by atoms with E-state index >= 15 is 0 Å². The number of aliphatic hydroxyl groups is 13. The molecule has 99 heavy (non-hydrogen) atoms. The first-order valence-electron chi connectivity index (χ1n) is 33.1. The van der Waals surface area contributed by atoms with Crippen molar-refractivity contribution in [1.82, 2.24) is 26.6 Å². The Balaban J connectivity index is 1.19. The van der Waals surface area contributed by atoms with E-state index in [2.05, 4.69) is 40.3 Å². The zero-order valence-corrected chi connectivity index (χ0v) is 56.6. The van der Waals surface area contributed by atoms with Crippen LogP contribution in [0.1, 0.15) is 104 Å². The Kier molecular flexibility index (Phi) is 33.8. The molecular weight excluding hydrogens is 1320 g/mol. The second-order valence-electron chi connectivity index (χ2n) is 25.0. The van der Waals surface area contributed by atoms with Crippen molar-refractivity contribution in [3.05, 3.63) is 42.0 Å². The molecule has 5 fully saturated rings. The highest BCUT2D eigenvalue weighted by atomic mass is 16.8. The summed E-state index contributed by atoms with van der Waals surface area (Å²) in [7, 11) is 1.21. The summed E-state index contributed by atoms with van der Waals surface area (Å²) in [5.74, 6) is -3.66. The van der Waals surface area contributed by atoms with Gasteiger partial charge in [-0.05, 0) is 57.7 Å². The predicted molar refractivity (Wildman–Crippen MR) is 335 cm³/mol. The first-order chi connectivity index (χ1) is 47.1. The number of allylic oxidation sites excluding steroid dienone is 2. The van der Waals surface area contributed by atoms with Crippen LogP contribution < -0.4 is 31.3 Å². The zero-order chi connectivity index (χ0) is 72.9. The van der Waals surface area contributed by atoms with E-state index in [-0.39, 0.29) is 5.56 Å². The van der Waals surface area contributed by atoms with E-state index in [1.54, 1.807) is 12.1 Å². The van der Waals surface area contributed by atoms with Gasteiger partial charge in [-0.25, -0.2) is 0 Å². The normalized spacial score (nSPS) is 36.2. The molecule has 5 heterocycles. The first kappa shape index (κ1) is 83.1. The molecule has 0 spiro atoms. The summed E-state index contributed by atoms with van der Waals surface area (Å²) in [4.78, 5) is 64.5. The lowest BCUT2D eigenvalue weighted by molar-refractivity contribution is -0.364. The Morgan fingerprint density at radius 2 is 1.04 bits per heavy atom. The van der Waals surface area contributed by atoms with E-state index in [4.69, 9.17) is 61.6 Å². The Labute approximate surface area is 572 Å². The maximum atomic E-state index is 13.9. The molecule has 0 aliphatic carbocycles. The molecule has 5 saturated heterocycles. The molecule has 18 N–H and O–H groups in total. The molecule has 1 aromatic carbocycles. The van der Waals surface area contributed by atoms with E-state index < -0.39 is 241 Å². The number of benzene rings is 1. The minimum absolute atomic E-state index is 0.0496. The van der Waals surface area contributed by atoms with Crippen molar-refractivity contribution in [3.8, 4) is 5.75 Å². The van der Waals surface area contributed by atoms with E-state index in [1.807, 2.05) is 5.32 Å². The smallest absolute Gasteiger partial charge is 0.251 e. The molecule has 36 nitrogen and oxygen atoms in total. The Hall–Kier alpha value is -4.89. The van der Waals surface area contributed by atoms with Crippen molar-refractivity contribution < 1.29 is 152 Å². The van der Waals surface area contributed by atoms with Crippen LogP contribution in [0.3, 0.4) is 0 Å². The molecule has 0 aromatic heterocycles. The zero-order valence-electron chi connectivity index (χ0n) is 56.6. The number of amides is 5. The maximum absolute atomic E-state index is 13.9. The number of aliphatic hydroxyl groups excluding tert-OH is 13. The third-order valence-corrected chi connectivity index (χ3v) is 17.3. The summed E-state index contributed by atoms with van der Waals surface area (Å²) in [6.45, 7) is 4.92. The van der Waals surface area contributed by atoms with Gasteiger partial charge in [-0.2, -0.15) is 0 Å². The van der Waals surface area contributed by atoms with Crippen LogP contribution in [-0.2, 0) is 76.0 Å². The second-order valence-corrected chi connectivity index (χ2v) is 25.0. The number of carbonyl (C=O) groups is 5. The van der Waals surface area contributed by atoms with Crippen molar-refractivity contribution in [1.29, 1.82) is 0 Å².